The second kappa shape index (κ2) is 4.58. The number of aromatic nitrogens is 2. The lowest BCUT2D eigenvalue weighted by atomic mass is 9.86. The van der Waals surface area contributed by atoms with Crippen molar-refractivity contribution in [1.82, 2.24) is 20.0 Å². The van der Waals surface area contributed by atoms with Crippen molar-refractivity contribution >= 4 is 22.8 Å². The first-order chi connectivity index (χ1) is 9.94. The van der Waals surface area contributed by atoms with Gasteiger partial charge in [0.25, 0.3) is 0 Å². The van der Waals surface area contributed by atoms with E-state index in [4.69, 9.17) is 5.41 Å². The van der Waals surface area contributed by atoms with Crippen LogP contribution in [-0.2, 0) is 16.9 Å². The molecule has 110 valence electrons. The number of benzene rings is 1. The van der Waals surface area contributed by atoms with Crippen LogP contribution in [0, 0.1) is 5.41 Å². The first-order valence-corrected chi connectivity index (χ1v) is 7.04. The van der Waals surface area contributed by atoms with E-state index in [1.807, 2.05) is 36.0 Å². The van der Waals surface area contributed by atoms with Crippen LogP contribution in [0.4, 0.5) is 0 Å². The highest BCUT2D eigenvalue weighted by Crippen LogP contribution is 2.30. The van der Waals surface area contributed by atoms with Crippen molar-refractivity contribution < 1.29 is 4.79 Å². The Bertz CT molecular complexity index is 715. The smallest absolute Gasteiger partial charge is 0.231 e. The summed E-state index contributed by atoms with van der Waals surface area (Å²) in [4.78, 5) is 13.4. The predicted octanol–water partition coefficient (Wildman–Crippen LogP) is 1.66. The van der Waals surface area contributed by atoms with E-state index in [2.05, 4.69) is 17.3 Å². The monoisotopic (exact) mass is 285 g/mol. The topological polar surface area (TPSA) is 74.0 Å². The number of hydrogen-bond acceptors (Lipinski definition) is 3. The summed E-state index contributed by atoms with van der Waals surface area (Å²) in [5.74, 6) is 0.0868. The normalized spacial score (nSPS) is 22.7. The van der Waals surface area contributed by atoms with Crippen molar-refractivity contribution in [1.29, 1.82) is 5.41 Å². The maximum absolute atomic E-state index is 12.0. The van der Waals surface area contributed by atoms with E-state index in [0.29, 0.717) is 6.42 Å². The molecule has 1 fully saturated rings. The standard InChI is InChI=1S/C15H19N5O/c1-4-20-12-6-5-11(7-10(12)9-17-20)15(2)8-13(21)19(3)14(16)18-15/h5-7,9H,4,8H2,1-3H3,(H2,16,18)/t15-/m0/s1. The lowest BCUT2D eigenvalue weighted by Gasteiger charge is -2.39. The molecular formula is C15H19N5O. The van der Waals surface area contributed by atoms with Crippen LogP contribution in [0.3, 0.4) is 0 Å². The Labute approximate surface area is 123 Å². The fourth-order valence-electron chi connectivity index (χ4n) is 2.79. The molecule has 21 heavy (non-hydrogen) atoms. The third-order valence-electron chi connectivity index (χ3n) is 4.19. The number of nitrogens with zero attached hydrogens (tertiary/aromatic N) is 3. The number of amides is 1. The van der Waals surface area contributed by atoms with E-state index in [0.717, 1.165) is 23.0 Å². The molecule has 1 aliphatic heterocycles. The molecule has 1 saturated heterocycles. The van der Waals surface area contributed by atoms with Gasteiger partial charge in [-0.15, -0.1) is 0 Å². The zero-order valence-corrected chi connectivity index (χ0v) is 12.5. The van der Waals surface area contributed by atoms with E-state index in [1.54, 1.807) is 7.05 Å². The highest BCUT2D eigenvalue weighted by molar-refractivity contribution is 5.99. The van der Waals surface area contributed by atoms with Gasteiger partial charge in [-0.1, -0.05) is 6.07 Å². The van der Waals surface area contributed by atoms with Crippen LogP contribution < -0.4 is 5.32 Å². The summed E-state index contributed by atoms with van der Waals surface area (Å²) < 4.78 is 1.94. The Morgan fingerprint density at radius 3 is 2.90 bits per heavy atom. The molecule has 0 bridgehead atoms. The minimum atomic E-state index is -0.552. The number of carbonyl (C=O) groups is 1. The molecule has 0 radical (unpaired) electrons. The van der Waals surface area contributed by atoms with Gasteiger partial charge in [0.1, 0.15) is 0 Å². The summed E-state index contributed by atoms with van der Waals surface area (Å²) in [6, 6.07) is 6.09. The molecule has 1 atom stereocenters. The van der Waals surface area contributed by atoms with Crippen LogP contribution in [0.25, 0.3) is 10.9 Å². The van der Waals surface area contributed by atoms with Crippen molar-refractivity contribution in [3.63, 3.8) is 0 Å². The average Bonchev–Trinajstić information content (AvgIpc) is 2.87. The van der Waals surface area contributed by atoms with Gasteiger partial charge in [-0.25, -0.2) is 0 Å². The van der Waals surface area contributed by atoms with Gasteiger partial charge >= 0.3 is 0 Å². The molecule has 3 rings (SSSR count). The molecule has 6 nitrogen and oxygen atoms in total. The van der Waals surface area contributed by atoms with Crippen molar-refractivity contribution in [2.75, 3.05) is 7.05 Å². The zero-order valence-electron chi connectivity index (χ0n) is 12.5. The maximum atomic E-state index is 12.0. The molecule has 0 spiro atoms. The Morgan fingerprint density at radius 1 is 1.48 bits per heavy atom. The second-order valence-corrected chi connectivity index (χ2v) is 5.67. The van der Waals surface area contributed by atoms with Crippen molar-refractivity contribution in [3.05, 3.63) is 30.0 Å². The molecule has 2 N–H and O–H groups in total. The van der Waals surface area contributed by atoms with Crippen LogP contribution in [0.15, 0.2) is 24.4 Å². The summed E-state index contributed by atoms with van der Waals surface area (Å²) in [5, 5.41) is 16.4. The first-order valence-electron chi connectivity index (χ1n) is 7.04. The minimum Gasteiger partial charge on any atom is -0.346 e. The van der Waals surface area contributed by atoms with Gasteiger partial charge in [0, 0.05) is 19.0 Å². The highest BCUT2D eigenvalue weighted by atomic mass is 16.2. The average molecular weight is 285 g/mol. The molecule has 1 aliphatic rings. The lowest BCUT2D eigenvalue weighted by molar-refractivity contribution is -0.129. The summed E-state index contributed by atoms with van der Waals surface area (Å²) in [6.45, 7) is 4.84. The van der Waals surface area contributed by atoms with Gasteiger partial charge in [-0.3, -0.25) is 19.8 Å². The molecule has 0 saturated carbocycles. The SMILES string of the molecule is CCn1ncc2cc([C@]3(C)CC(=O)N(C)C(=N)N3)ccc21. The Balaban J connectivity index is 2.03. The van der Waals surface area contributed by atoms with E-state index in [-0.39, 0.29) is 11.9 Å². The fourth-order valence-corrected chi connectivity index (χ4v) is 2.79. The molecule has 6 heteroatoms. The van der Waals surface area contributed by atoms with Gasteiger partial charge in [-0.05, 0) is 31.5 Å². The summed E-state index contributed by atoms with van der Waals surface area (Å²) in [7, 11) is 1.62. The number of aryl methyl sites for hydroxylation is 1. The molecule has 1 aromatic carbocycles. The predicted molar refractivity (Wildman–Crippen MR) is 81.0 cm³/mol. The van der Waals surface area contributed by atoms with Gasteiger partial charge in [0.05, 0.1) is 23.7 Å². The lowest BCUT2D eigenvalue weighted by Crippen LogP contribution is -2.58. The third-order valence-corrected chi connectivity index (χ3v) is 4.19. The molecular weight excluding hydrogens is 266 g/mol. The van der Waals surface area contributed by atoms with Crippen LogP contribution >= 0.6 is 0 Å². The molecule has 2 aromatic rings. The van der Waals surface area contributed by atoms with Crippen LogP contribution in [0.2, 0.25) is 0 Å². The van der Waals surface area contributed by atoms with Gasteiger partial charge < -0.3 is 5.32 Å². The summed E-state index contributed by atoms with van der Waals surface area (Å²) in [5.41, 5.74) is 1.53. The van der Waals surface area contributed by atoms with E-state index >= 15 is 0 Å². The Morgan fingerprint density at radius 2 is 2.24 bits per heavy atom. The minimum absolute atomic E-state index is 0.0504. The quantitative estimate of drug-likeness (QED) is 0.881. The Hall–Kier alpha value is -2.37. The summed E-state index contributed by atoms with van der Waals surface area (Å²) in [6.07, 6.45) is 2.17. The Kier molecular flexibility index (Phi) is 2.97. The van der Waals surface area contributed by atoms with E-state index in [9.17, 15) is 4.79 Å². The molecule has 0 unspecified atom stereocenters. The van der Waals surface area contributed by atoms with E-state index < -0.39 is 5.54 Å². The van der Waals surface area contributed by atoms with Crippen LogP contribution in [0.1, 0.15) is 25.8 Å². The van der Waals surface area contributed by atoms with Crippen LogP contribution in [-0.4, -0.2) is 33.6 Å². The second-order valence-electron chi connectivity index (χ2n) is 5.67. The molecule has 1 amide bonds. The molecule has 2 heterocycles. The fraction of sp³-hybridized carbons (Fsp3) is 0.400. The van der Waals surface area contributed by atoms with Crippen molar-refractivity contribution in [2.45, 2.75) is 32.4 Å². The zero-order chi connectivity index (χ0) is 15.2. The third kappa shape index (κ3) is 2.07. The number of carbonyl (C=O) groups excluding carboxylic acids is 1. The molecule has 0 aliphatic carbocycles. The highest BCUT2D eigenvalue weighted by Gasteiger charge is 2.37. The van der Waals surface area contributed by atoms with Crippen LogP contribution in [0.5, 0.6) is 0 Å². The summed E-state index contributed by atoms with van der Waals surface area (Å²) >= 11 is 0. The van der Waals surface area contributed by atoms with Gasteiger partial charge in [0.2, 0.25) is 5.91 Å². The van der Waals surface area contributed by atoms with E-state index in [1.165, 1.54) is 4.90 Å². The largest absolute Gasteiger partial charge is 0.346 e. The first kappa shape index (κ1) is 13.6. The number of guanidine groups is 1. The van der Waals surface area contributed by atoms with Crippen molar-refractivity contribution in [2.24, 2.45) is 0 Å². The van der Waals surface area contributed by atoms with Crippen molar-refractivity contribution in [3.8, 4) is 0 Å². The number of nitrogens with one attached hydrogen (secondary N) is 2. The maximum Gasteiger partial charge on any atom is 0.231 e. The number of rotatable bonds is 2. The molecule has 1 aromatic heterocycles. The van der Waals surface area contributed by atoms with Gasteiger partial charge in [0.15, 0.2) is 5.96 Å². The number of fused-ring (bicyclic) bond motifs is 1. The van der Waals surface area contributed by atoms with Gasteiger partial charge in [-0.2, -0.15) is 5.10 Å². The number of hydrogen-bond donors (Lipinski definition) is 2.